The van der Waals surface area contributed by atoms with Gasteiger partial charge in [-0.25, -0.2) is 4.79 Å². The maximum Gasteiger partial charge on any atom is 0.338 e. The lowest BCUT2D eigenvalue weighted by Gasteiger charge is -2.12. The zero-order valence-electron chi connectivity index (χ0n) is 15.6. The number of esters is 1. The number of rotatable bonds is 6. The van der Waals surface area contributed by atoms with Crippen LogP contribution in [0.2, 0.25) is 0 Å². The van der Waals surface area contributed by atoms with Gasteiger partial charge in [0.25, 0.3) is 11.5 Å². The van der Waals surface area contributed by atoms with Crippen LogP contribution in [-0.2, 0) is 16.6 Å². The van der Waals surface area contributed by atoms with Crippen LogP contribution >= 0.6 is 0 Å². The molecule has 144 valence electrons. The number of pyridine rings is 1. The van der Waals surface area contributed by atoms with Crippen molar-refractivity contribution in [3.63, 3.8) is 0 Å². The first kappa shape index (κ1) is 19.2. The van der Waals surface area contributed by atoms with Gasteiger partial charge in [-0.2, -0.15) is 0 Å². The number of aryl methyl sites for hydroxylation is 1. The van der Waals surface area contributed by atoms with Gasteiger partial charge in [0.1, 0.15) is 5.75 Å². The van der Waals surface area contributed by atoms with Crippen molar-refractivity contribution in [1.82, 2.24) is 4.57 Å². The SMILES string of the molecule is CCOC(=O)c1cccc(NC(=O)COc2cc(=O)n(C)c3ccccc23)c1. The van der Waals surface area contributed by atoms with Crippen molar-refractivity contribution in [3.05, 3.63) is 70.5 Å². The number of aromatic nitrogens is 1. The lowest BCUT2D eigenvalue weighted by molar-refractivity contribution is -0.118. The fourth-order valence-corrected chi connectivity index (χ4v) is 2.78. The van der Waals surface area contributed by atoms with Crippen molar-refractivity contribution in [3.8, 4) is 5.75 Å². The Bertz CT molecular complexity index is 1090. The third kappa shape index (κ3) is 4.20. The summed E-state index contributed by atoms with van der Waals surface area (Å²) in [5.41, 5.74) is 1.29. The monoisotopic (exact) mass is 380 g/mol. The predicted octanol–water partition coefficient (Wildman–Crippen LogP) is 2.73. The summed E-state index contributed by atoms with van der Waals surface area (Å²) in [6.07, 6.45) is 0. The summed E-state index contributed by atoms with van der Waals surface area (Å²) in [5.74, 6) is -0.527. The molecule has 1 amide bonds. The Labute approximate surface area is 161 Å². The highest BCUT2D eigenvalue weighted by molar-refractivity contribution is 5.95. The van der Waals surface area contributed by atoms with Crippen LogP contribution in [-0.4, -0.2) is 29.7 Å². The van der Waals surface area contributed by atoms with Crippen LogP contribution < -0.4 is 15.6 Å². The van der Waals surface area contributed by atoms with E-state index >= 15 is 0 Å². The van der Waals surface area contributed by atoms with E-state index in [1.165, 1.54) is 16.7 Å². The van der Waals surface area contributed by atoms with E-state index in [0.717, 1.165) is 5.39 Å². The molecule has 28 heavy (non-hydrogen) atoms. The predicted molar refractivity (Wildman–Crippen MR) is 106 cm³/mol. The Morgan fingerprint density at radius 2 is 1.86 bits per heavy atom. The minimum atomic E-state index is -0.457. The fourth-order valence-electron chi connectivity index (χ4n) is 2.78. The van der Waals surface area contributed by atoms with E-state index < -0.39 is 11.9 Å². The van der Waals surface area contributed by atoms with E-state index in [4.69, 9.17) is 9.47 Å². The molecule has 7 heteroatoms. The summed E-state index contributed by atoms with van der Waals surface area (Å²) in [6, 6.07) is 15.1. The maximum absolute atomic E-state index is 12.2. The zero-order valence-corrected chi connectivity index (χ0v) is 15.6. The lowest BCUT2D eigenvalue weighted by atomic mass is 10.2. The highest BCUT2D eigenvalue weighted by atomic mass is 16.5. The molecule has 1 aromatic heterocycles. The van der Waals surface area contributed by atoms with Crippen LogP contribution in [0, 0.1) is 0 Å². The van der Waals surface area contributed by atoms with Gasteiger partial charge in [-0.15, -0.1) is 0 Å². The van der Waals surface area contributed by atoms with E-state index in [0.29, 0.717) is 22.5 Å². The van der Waals surface area contributed by atoms with E-state index in [9.17, 15) is 14.4 Å². The molecular weight excluding hydrogens is 360 g/mol. The van der Waals surface area contributed by atoms with Gasteiger partial charge >= 0.3 is 5.97 Å². The number of carbonyl (C=O) groups is 2. The first-order valence-electron chi connectivity index (χ1n) is 8.78. The Balaban J connectivity index is 1.71. The molecule has 3 rings (SSSR count). The third-order valence-electron chi connectivity index (χ3n) is 4.13. The van der Waals surface area contributed by atoms with E-state index in [-0.39, 0.29) is 18.8 Å². The highest BCUT2D eigenvalue weighted by Crippen LogP contribution is 2.23. The number of nitrogens with one attached hydrogen (secondary N) is 1. The van der Waals surface area contributed by atoms with Crippen LogP contribution in [0.3, 0.4) is 0 Å². The zero-order chi connectivity index (χ0) is 20.1. The molecule has 1 heterocycles. The number of carbonyl (C=O) groups excluding carboxylic acids is 2. The summed E-state index contributed by atoms with van der Waals surface area (Å²) < 4.78 is 12.1. The number of para-hydroxylation sites is 1. The topological polar surface area (TPSA) is 86.6 Å². The number of fused-ring (bicyclic) bond motifs is 1. The largest absolute Gasteiger partial charge is 0.483 e. The summed E-state index contributed by atoms with van der Waals surface area (Å²) in [7, 11) is 1.68. The van der Waals surface area contributed by atoms with Crippen LogP contribution in [0.4, 0.5) is 5.69 Å². The van der Waals surface area contributed by atoms with Crippen molar-refractivity contribution >= 4 is 28.5 Å². The molecule has 0 spiro atoms. The average molecular weight is 380 g/mol. The molecule has 7 nitrogen and oxygen atoms in total. The van der Waals surface area contributed by atoms with Gasteiger partial charge in [0.05, 0.1) is 17.7 Å². The van der Waals surface area contributed by atoms with Crippen LogP contribution in [0.25, 0.3) is 10.9 Å². The van der Waals surface area contributed by atoms with Crippen molar-refractivity contribution in [2.24, 2.45) is 7.05 Å². The smallest absolute Gasteiger partial charge is 0.338 e. The number of ether oxygens (including phenoxy) is 2. The summed E-state index contributed by atoms with van der Waals surface area (Å²) in [5, 5.41) is 3.41. The van der Waals surface area contributed by atoms with E-state index in [2.05, 4.69) is 5.32 Å². The fraction of sp³-hybridized carbons (Fsp3) is 0.190. The molecule has 0 fully saturated rings. The number of amides is 1. The molecule has 0 atom stereocenters. The molecular formula is C21H20N2O5. The Kier molecular flexibility index (Phi) is 5.74. The van der Waals surface area contributed by atoms with Gasteiger partial charge < -0.3 is 19.4 Å². The van der Waals surface area contributed by atoms with Gasteiger partial charge in [0.15, 0.2) is 6.61 Å². The highest BCUT2D eigenvalue weighted by Gasteiger charge is 2.11. The Hall–Kier alpha value is -3.61. The molecule has 0 radical (unpaired) electrons. The number of hydrogen-bond acceptors (Lipinski definition) is 5. The molecule has 2 aromatic carbocycles. The third-order valence-corrected chi connectivity index (χ3v) is 4.13. The number of hydrogen-bond donors (Lipinski definition) is 1. The first-order chi connectivity index (χ1) is 13.5. The summed E-state index contributed by atoms with van der Waals surface area (Å²) in [4.78, 5) is 36.1. The standard InChI is InChI=1S/C21H20N2O5/c1-3-27-21(26)14-7-6-8-15(11-14)22-19(24)13-28-18-12-20(25)23(2)17-10-5-4-9-16(17)18/h4-12H,3,13H2,1-2H3,(H,22,24). The molecule has 0 saturated heterocycles. The van der Waals surface area contributed by atoms with E-state index in [1.807, 2.05) is 24.3 Å². The Morgan fingerprint density at radius 1 is 1.07 bits per heavy atom. The second-order valence-corrected chi connectivity index (χ2v) is 6.06. The summed E-state index contributed by atoms with van der Waals surface area (Å²) in [6.45, 7) is 1.72. The molecule has 0 aliphatic carbocycles. The van der Waals surface area contributed by atoms with Crippen LogP contribution in [0.15, 0.2) is 59.4 Å². The average Bonchev–Trinajstić information content (AvgIpc) is 2.70. The molecule has 0 aliphatic heterocycles. The van der Waals surface area contributed by atoms with Gasteiger partial charge in [0.2, 0.25) is 0 Å². The quantitative estimate of drug-likeness (QED) is 0.665. The molecule has 0 bridgehead atoms. The minimum Gasteiger partial charge on any atom is -0.483 e. The van der Waals surface area contributed by atoms with Gasteiger partial charge in [-0.05, 0) is 37.3 Å². The molecule has 0 saturated carbocycles. The lowest BCUT2D eigenvalue weighted by Crippen LogP contribution is -2.22. The number of anilines is 1. The van der Waals surface area contributed by atoms with Crippen molar-refractivity contribution < 1.29 is 19.1 Å². The molecule has 1 N–H and O–H groups in total. The molecule has 0 aliphatic rings. The maximum atomic E-state index is 12.2. The van der Waals surface area contributed by atoms with E-state index in [1.54, 1.807) is 32.2 Å². The number of nitrogens with zero attached hydrogens (tertiary/aromatic N) is 1. The first-order valence-corrected chi connectivity index (χ1v) is 8.78. The van der Waals surface area contributed by atoms with Crippen molar-refractivity contribution in [1.29, 1.82) is 0 Å². The van der Waals surface area contributed by atoms with Crippen molar-refractivity contribution in [2.75, 3.05) is 18.5 Å². The Morgan fingerprint density at radius 3 is 2.64 bits per heavy atom. The number of benzene rings is 2. The summed E-state index contributed by atoms with van der Waals surface area (Å²) >= 11 is 0. The second-order valence-electron chi connectivity index (χ2n) is 6.06. The normalized spacial score (nSPS) is 10.5. The van der Waals surface area contributed by atoms with Crippen molar-refractivity contribution in [2.45, 2.75) is 6.92 Å². The minimum absolute atomic E-state index is 0.226. The second kappa shape index (κ2) is 8.39. The van der Waals surface area contributed by atoms with Crippen LogP contribution in [0.1, 0.15) is 17.3 Å². The molecule has 0 unspecified atom stereocenters. The van der Waals surface area contributed by atoms with Crippen LogP contribution in [0.5, 0.6) is 5.75 Å². The van der Waals surface area contributed by atoms with Gasteiger partial charge in [-0.3, -0.25) is 9.59 Å². The van der Waals surface area contributed by atoms with Gasteiger partial charge in [-0.1, -0.05) is 18.2 Å². The van der Waals surface area contributed by atoms with Gasteiger partial charge in [0, 0.05) is 24.2 Å². The molecule has 3 aromatic rings.